The molecule has 0 aliphatic heterocycles. The lowest BCUT2D eigenvalue weighted by Gasteiger charge is -2.08. The van der Waals surface area contributed by atoms with E-state index in [1.807, 2.05) is 24.4 Å². The van der Waals surface area contributed by atoms with Crippen LogP contribution in [0.3, 0.4) is 0 Å². The number of aromatic nitrogens is 1. The minimum Gasteiger partial charge on any atom is -0.350 e. The molecule has 2 aromatic heterocycles. The first kappa shape index (κ1) is 15.7. The van der Waals surface area contributed by atoms with E-state index in [0.717, 1.165) is 11.4 Å². The van der Waals surface area contributed by atoms with Gasteiger partial charge in [-0.05, 0) is 24.8 Å². The molecule has 2 heterocycles. The number of rotatable bonds is 6. The van der Waals surface area contributed by atoms with Crippen LogP contribution in [0.5, 0.6) is 0 Å². The van der Waals surface area contributed by atoms with Gasteiger partial charge < -0.3 is 10.6 Å². The summed E-state index contributed by atoms with van der Waals surface area (Å²) in [5, 5.41) is 10.1. The predicted molar refractivity (Wildman–Crippen MR) is 84.7 cm³/mol. The maximum atomic E-state index is 12.0. The van der Waals surface area contributed by atoms with Gasteiger partial charge in [-0.2, -0.15) is 0 Å². The quantitative estimate of drug-likeness (QED) is 0.857. The topological polar surface area (TPSA) is 71.1 Å². The molecule has 2 N–H and O–H groups in total. The van der Waals surface area contributed by atoms with Gasteiger partial charge in [-0.3, -0.25) is 9.59 Å². The number of hydrogen-bond donors (Lipinski definition) is 2. The first-order chi connectivity index (χ1) is 10.1. The maximum absolute atomic E-state index is 12.0. The van der Waals surface area contributed by atoms with Crippen molar-refractivity contribution in [2.75, 3.05) is 6.54 Å². The fourth-order valence-electron chi connectivity index (χ4n) is 1.80. The van der Waals surface area contributed by atoms with Crippen molar-refractivity contribution in [2.45, 2.75) is 26.3 Å². The molecule has 0 bridgehead atoms. The Morgan fingerprint density at radius 3 is 2.86 bits per heavy atom. The van der Waals surface area contributed by atoms with Crippen LogP contribution in [0, 0.1) is 0 Å². The minimum atomic E-state index is -0.180. The third kappa shape index (κ3) is 4.64. The first-order valence-electron chi connectivity index (χ1n) is 6.59. The van der Waals surface area contributed by atoms with Crippen LogP contribution < -0.4 is 10.6 Å². The molecule has 21 heavy (non-hydrogen) atoms. The van der Waals surface area contributed by atoms with Crippen LogP contribution in [0.4, 0.5) is 0 Å². The highest BCUT2D eigenvalue weighted by atomic mass is 32.1. The number of amides is 2. The van der Waals surface area contributed by atoms with E-state index in [4.69, 9.17) is 0 Å². The second-order valence-corrected chi connectivity index (χ2v) is 6.50. The summed E-state index contributed by atoms with van der Waals surface area (Å²) >= 11 is 3.05. The number of thiophene rings is 1. The summed E-state index contributed by atoms with van der Waals surface area (Å²) < 4.78 is 0. The zero-order valence-corrected chi connectivity index (χ0v) is 13.5. The number of thiazole rings is 1. The summed E-state index contributed by atoms with van der Waals surface area (Å²) in [7, 11) is 0. The fraction of sp³-hybridized carbons (Fsp3) is 0.357. The molecule has 0 aromatic carbocycles. The predicted octanol–water partition coefficient (Wildman–Crippen LogP) is 2.37. The molecule has 0 aliphatic rings. The van der Waals surface area contributed by atoms with E-state index >= 15 is 0 Å². The molecular weight excluding hydrogens is 306 g/mol. The van der Waals surface area contributed by atoms with E-state index in [9.17, 15) is 9.59 Å². The second-order valence-electron chi connectivity index (χ2n) is 4.58. The smallest absolute Gasteiger partial charge is 0.270 e. The van der Waals surface area contributed by atoms with Gasteiger partial charge in [-0.1, -0.05) is 6.07 Å². The van der Waals surface area contributed by atoms with Crippen LogP contribution in [-0.4, -0.2) is 23.3 Å². The van der Waals surface area contributed by atoms with E-state index in [-0.39, 0.29) is 17.9 Å². The monoisotopic (exact) mass is 323 g/mol. The highest BCUT2D eigenvalue weighted by Crippen LogP contribution is 2.17. The highest BCUT2D eigenvalue weighted by molar-refractivity contribution is 7.10. The molecule has 2 aromatic rings. The van der Waals surface area contributed by atoms with Crippen molar-refractivity contribution < 1.29 is 9.59 Å². The molecular formula is C14H17N3O2S2. The normalized spacial score (nSPS) is 11.9. The molecule has 2 amide bonds. The third-order valence-corrected chi connectivity index (χ3v) is 4.75. The first-order valence-corrected chi connectivity index (χ1v) is 8.35. The van der Waals surface area contributed by atoms with Crippen LogP contribution in [0.1, 0.15) is 40.3 Å². The van der Waals surface area contributed by atoms with Gasteiger partial charge >= 0.3 is 0 Å². The van der Waals surface area contributed by atoms with Crippen LogP contribution in [-0.2, 0) is 11.2 Å². The Labute approximate surface area is 131 Å². The van der Waals surface area contributed by atoms with E-state index in [0.29, 0.717) is 12.2 Å². The SMILES string of the molecule is CC(=O)NC(C)c1nc(C(=O)NCCc2cccs2)cs1. The average Bonchev–Trinajstić information content (AvgIpc) is 3.09. The van der Waals surface area contributed by atoms with Crippen molar-refractivity contribution in [1.82, 2.24) is 15.6 Å². The summed E-state index contributed by atoms with van der Waals surface area (Å²) in [6, 6.07) is 3.87. The molecule has 0 fully saturated rings. The molecule has 1 atom stereocenters. The van der Waals surface area contributed by atoms with Crippen LogP contribution >= 0.6 is 22.7 Å². The minimum absolute atomic E-state index is 0.111. The number of carbonyl (C=O) groups excluding carboxylic acids is 2. The summed E-state index contributed by atoms with van der Waals surface area (Å²) in [4.78, 5) is 28.5. The van der Waals surface area contributed by atoms with Crippen LogP contribution in [0.15, 0.2) is 22.9 Å². The Kier molecular flexibility index (Phi) is 5.46. The van der Waals surface area contributed by atoms with Gasteiger partial charge in [0.25, 0.3) is 5.91 Å². The van der Waals surface area contributed by atoms with E-state index < -0.39 is 0 Å². The number of carbonyl (C=O) groups is 2. The molecule has 7 heteroatoms. The molecule has 2 rings (SSSR count). The standard InChI is InChI=1S/C14H17N3O2S2/c1-9(16-10(2)18)14-17-12(8-21-14)13(19)15-6-5-11-4-3-7-20-11/h3-4,7-9H,5-6H2,1-2H3,(H,15,19)(H,16,18). The largest absolute Gasteiger partial charge is 0.350 e. The zero-order chi connectivity index (χ0) is 15.2. The van der Waals surface area contributed by atoms with Gasteiger partial charge in [0, 0.05) is 23.7 Å². The zero-order valence-electron chi connectivity index (χ0n) is 11.9. The summed E-state index contributed by atoms with van der Waals surface area (Å²) in [5.41, 5.74) is 0.401. The van der Waals surface area contributed by atoms with E-state index in [2.05, 4.69) is 15.6 Å². The van der Waals surface area contributed by atoms with Gasteiger partial charge in [-0.15, -0.1) is 22.7 Å². The van der Waals surface area contributed by atoms with Crippen LogP contribution in [0.2, 0.25) is 0 Å². The van der Waals surface area contributed by atoms with Gasteiger partial charge in [0.1, 0.15) is 10.7 Å². The van der Waals surface area contributed by atoms with Crippen molar-refractivity contribution in [3.63, 3.8) is 0 Å². The molecule has 0 spiro atoms. The molecule has 0 aliphatic carbocycles. The van der Waals surface area contributed by atoms with Gasteiger partial charge in [-0.25, -0.2) is 4.98 Å². The highest BCUT2D eigenvalue weighted by Gasteiger charge is 2.15. The lowest BCUT2D eigenvalue weighted by atomic mass is 10.3. The molecule has 0 radical (unpaired) electrons. The maximum Gasteiger partial charge on any atom is 0.270 e. The Bertz CT molecular complexity index is 608. The van der Waals surface area contributed by atoms with E-state index in [1.165, 1.54) is 23.1 Å². The molecule has 5 nitrogen and oxygen atoms in total. The molecule has 0 saturated heterocycles. The van der Waals surface area contributed by atoms with Gasteiger partial charge in [0.15, 0.2) is 0 Å². The molecule has 1 unspecified atom stereocenters. The summed E-state index contributed by atoms with van der Waals surface area (Å²) in [6.45, 7) is 3.90. The Balaban J connectivity index is 1.85. The van der Waals surface area contributed by atoms with Crippen LogP contribution in [0.25, 0.3) is 0 Å². The van der Waals surface area contributed by atoms with Crippen molar-refractivity contribution in [1.29, 1.82) is 0 Å². The number of hydrogen-bond acceptors (Lipinski definition) is 5. The van der Waals surface area contributed by atoms with Crippen molar-refractivity contribution >= 4 is 34.5 Å². The Morgan fingerprint density at radius 1 is 1.38 bits per heavy atom. The lowest BCUT2D eigenvalue weighted by Crippen LogP contribution is -2.26. The van der Waals surface area contributed by atoms with Crippen molar-refractivity contribution in [3.8, 4) is 0 Å². The van der Waals surface area contributed by atoms with Crippen molar-refractivity contribution in [2.24, 2.45) is 0 Å². The van der Waals surface area contributed by atoms with Gasteiger partial charge in [0.05, 0.1) is 6.04 Å². The number of nitrogens with zero attached hydrogens (tertiary/aromatic N) is 1. The van der Waals surface area contributed by atoms with E-state index in [1.54, 1.807) is 16.7 Å². The van der Waals surface area contributed by atoms with Crippen molar-refractivity contribution in [3.05, 3.63) is 38.5 Å². The third-order valence-electron chi connectivity index (χ3n) is 2.78. The van der Waals surface area contributed by atoms with Gasteiger partial charge in [0.2, 0.25) is 5.91 Å². The molecule has 0 saturated carbocycles. The second kappa shape index (κ2) is 7.33. The fourth-order valence-corrected chi connectivity index (χ4v) is 3.32. The Morgan fingerprint density at radius 2 is 2.19 bits per heavy atom. The summed E-state index contributed by atoms with van der Waals surface area (Å²) in [5.74, 6) is -0.288. The number of nitrogens with one attached hydrogen (secondary N) is 2. The lowest BCUT2D eigenvalue weighted by molar-refractivity contribution is -0.119. The average molecular weight is 323 g/mol. The molecule has 112 valence electrons. The Hall–Kier alpha value is -1.73. The summed E-state index contributed by atoms with van der Waals surface area (Å²) in [6.07, 6.45) is 0.822.